The van der Waals surface area contributed by atoms with Crippen LogP contribution in [0.5, 0.6) is 5.75 Å². The average Bonchev–Trinajstić information content (AvgIpc) is 2.78. The van der Waals surface area contributed by atoms with Gasteiger partial charge in [-0.2, -0.15) is 0 Å². The van der Waals surface area contributed by atoms with E-state index in [1.54, 1.807) is 19.2 Å². The first-order valence-corrected chi connectivity index (χ1v) is 10.5. The summed E-state index contributed by atoms with van der Waals surface area (Å²) in [5.74, 6) is 0.497. The number of benzene rings is 2. The van der Waals surface area contributed by atoms with E-state index in [0.29, 0.717) is 16.4 Å². The SMILES string of the molecule is CCN1CCN(c2ccc(Cl)cc2NC(=O)c2ccc3cc(OC)ccc3n2)CC1. The Hall–Kier alpha value is -2.83. The summed E-state index contributed by atoms with van der Waals surface area (Å²) in [7, 11) is 1.63. The third kappa shape index (κ3) is 4.35. The number of ether oxygens (including phenoxy) is 1. The average molecular weight is 425 g/mol. The molecule has 0 aliphatic carbocycles. The van der Waals surface area contributed by atoms with Crippen molar-refractivity contribution >= 4 is 39.8 Å². The maximum atomic E-state index is 13.0. The van der Waals surface area contributed by atoms with Gasteiger partial charge in [-0.3, -0.25) is 4.79 Å². The van der Waals surface area contributed by atoms with Crippen LogP contribution in [0.2, 0.25) is 5.02 Å². The van der Waals surface area contributed by atoms with E-state index < -0.39 is 0 Å². The molecule has 1 amide bonds. The molecule has 0 saturated carbocycles. The van der Waals surface area contributed by atoms with Gasteiger partial charge < -0.3 is 19.9 Å². The van der Waals surface area contributed by atoms with Gasteiger partial charge in [0.15, 0.2) is 0 Å². The highest BCUT2D eigenvalue weighted by Crippen LogP contribution is 2.30. The van der Waals surface area contributed by atoms with Gasteiger partial charge in [-0.15, -0.1) is 0 Å². The van der Waals surface area contributed by atoms with Crippen molar-refractivity contribution in [3.63, 3.8) is 0 Å². The van der Waals surface area contributed by atoms with E-state index >= 15 is 0 Å². The summed E-state index contributed by atoms with van der Waals surface area (Å²) >= 11 is 6.23. The van der Waals surface area contributed by atoms with E-state index in [1.807, 2.05) is 36.4 Å². The number of amides is 1. The maximum absolute atomic E-state index is 13.0. The van der Waals surface area contributed by atoms with Crippen LogP contribution in [0.15, 0.2) is 48.5 Å². The summed E-state index contributed by atoms with van der Waals surface area (Å²) in [6, 6.07) is 14.8. The number of hydrogen-bond acceptors (Lipinski definition) is 5. The molecule has 0 spiro atoms. The lowest BCUT2D eigenvalue weighted by Crippen LogP contribution is -2.46. The summed E-state index contributed by atoms with van der Waals surface area (Å²) in [5, 5.41) is 4.51. The van der Waals surface area contributed by atoms with Gasteiger partial charge in [0.2, 0.25) is 0 Å². The zero-order valence-electron chi connectivity index (χ0n) is 17.2. The molecule has 6 nitrogen and oxygen atoms in total. The van der Waals surface area contributed by atoms with Gasteiger partial charge in [-0.05, 0) is 49.0 Å². The number of halogens is 1. The molecule has 156 valence electrons. The third-order valence-corrected chi connectivity index (χ3v) is 5.73. The second-order valence-electron chi connectivity index (χ2n) is 7.29. The molecule has 1 N–H and O–H groups in total. The summed E-state index contributed by atoms with van der Waals surface area (Å²) in [5.41, 5.74) is 2.78. The standard InChI is InChI=1S/C23H25ClN4O2/c1-3-27-10-12-28(13-11-27)22-9-5-17(24)15-21(22)26-23(29)20-7-4-16-14-18(30-2)6-8-19(16)25-20/h4-9,14-15H,3,10-13H2,1-2H3,(H,26,29). The van der Waals surface area contributed by atoms with Crippen LogP contribution >= 0.6 is 11.6 Å². The molecular weight excluding hydrogens is 400 g/mol. The topological polar surface area (TPSA) is 57.7 Å². The Morgan fingerprint density at radius 2 is 1.90 bits per heavy atom. The highest BCUT2D eigenvalue weighted by atomic mass is 35.5. The Kier molecular flexibility index (Phi) is 6.06. The first-order chi connectivity index (χ1) is 14.6. The monoisotopic (exact) mass is 424 g/mol. The second-order valence-corrected chi connectivity index (χ2v) is 7.73. The molecule has 2 heterocycles. The first kappa shape index (κ1) is 20.4. The molecule has 0 radical (unpaired) electrons. The fourth-order valence-electron chi connectivity index (χ4n) is 3.73. The Morgan fingerprint density at radius 3 is 2.63 bits per heavy atom. The normalized spacial score (nSPS) is 14.7. The van der Waals surface area contributed by atoms with Gasteiger partial charge in [-0.25, -0.2) is 4.98 Å². The van der Waals surface area contributed by atoms with Gasteiger partial charge in [-0.1, -0.05) is 24.6 Å². The Balaban J connectivity index is 1.57. The summed E-state index contributed by atoms with van der Waals surface area (Å²) in [6.45, 7) is 7.06. The predicted molar refractivity (Wildman–Crippen MR) is 122 cm³/mol. The van der Waals surface area contributed by atoms with Crippen molar-refractivity contribution in [3.05, 3.63) is 59.2 Å². The van der Waals surface area contributed by atoms with Crippen molar-refractivity contribution in [3.8, 4) is 5.75 Å². The largest absolute Gasteiger partial charge is 0.497 e. The molecule has 0 unspecified atom stereocenters. The number of hydrogen-bond donors (Lipinski definition) is 1. The smallest absolute Gasteiger partial charge is 0.274 e. The lowest BCUT2D eigenvalue weighted by atomic mass is 10.1. The summed E-state index contributed by atoms with van der Waals surface area (Å²) < 4.78 is 5.25. The minimum Gasteiger partial charge on any atom is -0.497 e. The number of rotatable bonds is 5. The van der Waals surface area contributed by atoms with Gasteiger partial charge in [0.25, 0.3) is 5.91 Å². The minimum absolute atomic E-state index is 0.261. The molecule has 1 fully saturated rings. The van der Waals surface area contributed by atoms with Crippen molar-refractivity contribution in [2.45, 2.75) is 6.92 Å². The van der Waals surface area contributed by atoms with Crippen molar-refractivity contribution in [1.82, 2.24) is 9.88 Å². The van der Waals surface area contributed by atoms with Gasteiger partial charge in [0.1, 0.15) is 11.4 Å². The lowest BCUT2D eigenvalue weighted by molar-refractivity contribution is 0.102. The van der Waals surface area contributed by atoms with E-state index in [0.717, 1.165) is 55.1 Å². The molecule has 2 aromatic carbocycles. The molecular formula is C23H25ClN4O2. The fraction of sp³-hybridized carbons (Fsp3) is 0.304. The van der Waals surface area contributed by atoms with Crippen molar-refractivity contribution in [1.29, 1.82) is 0 Å². The summed E-state index contributed by atoms with van der Waals surface area (Å²) in [6.07, 6.45) is 0. The van der Waals surface area contributed by atoms with Gasteiger partial charge in [0.05, 0.1) is 24.0 Å². The molecule has 1 aliphatic heterocycles. The zero-order chi connectivity index (χ0) is 21.1. The van der Waals surface area contributed by atoms with Crippen molar-refractivity contribution in [2.75, 3.05) is 50.1 Å². The fourth-order valence-corrected chi connectivity index (χ4v) is 3.90. The molecule has 3 aromatic rings. The maximum Gasteiger partial charge on any atom is 0.274 e. The highest BCUT2D eigenvalue weighted by Gasteiger charge is 2.20. The van der Waals surface area contributed by atoms with Crippen LogP contribution in [-0.4, -0.2) is 55.6 Å². The quantitative estimate of drug-likeness (QED) is 0.662. The molecule has 1 saturated heterocycles. The lowest BCUT2D eigenvalue weighted by Gasteiger charge is -2.36. The number of nitrogens with zero attached hydrogens (tertiary/aromatic N) is 3. The number of likely N-dealkylation sites (N-methyl/N-ethyl adjacent to an activating group) is 1. The van der Waals surface area contributed by atoms with E-state index in [-0.39, 0.29) is 5.91 Å². The Morgan fingerprint density at radius 1 is 1.10 bits per heavy atom. The number of carbonyl (C=O) groups is 1. The number of pyridine rings is 1. The van der Waals surface area contributed by atoms with Crippen molar-refractivity contribution < 1.29 is 9.53 Å². The van der Waals surface area contributed by atoms with Crippen LogP contribution < -0.4 is 15.0 Å². The van der Waals surface area contributed by atoms with E-state index in [4.69, 9.17) is 16.3 Å². The molecule has 4 rings (SSSR count). The molecule has 30 heavy (non-hydrogen) atoms. The first-order valence-electron chi connectivity index (χ1n) is 10.1. The number of aromatic nitrogens is 1. The van der Waals surface area contributed by atoms with E-state index in [2.05, 4.69) is 27.0 Å². The van der Waals surface area contributed by atoms with E-state index in [9.17, 15) is 4.79 Å². The number of carbonyl (C=O) groups excluding carboxylic acids is 1. The van der Waals surface area contributed by atoms with E-state index in [1.165, 1.54) is 0 Å². The van der Waals surface area contributed by atoms with Gasteiger partial charge >= 0.3 is 0 Å². The predicted octanol–water partition coefficient (Wildman–Crippen LogP) is 4.29. The third-order valence-electron chi connectivity index (χ3n) is 5.50. The summed E-state index contributed by atoms with van der Waals surface area (Å²) in [4.78, 5) is 22.2. The number of fused-ring (bicyclic) bond motifs is 1. The van der Waals surface area contributed by atoms with Gasteiger partial charge in [0, 0.05) is 36.6 Å². The van der Waals surface area contributed by atoms with Crippen LogP contribution in [0.4, 0.5) is 11.4 Å². The Bertz CT molecular complexity index is 1060. The molecule has 0 atom stereocenters. The van der Waals surface area contributed by atoms with Crippen LogP contribution in [0.1, 0.15) is 17.4 Å². The number of anilines is 2. The van der Waals surface area contributed by atoms with Crippen LogP contribution in [0.3, 0.4) is 0 Å². The number of methoxy groups -OCH3 is 1. The second kappa shape index (κ2) is 8.90. The van der Waals surface area contributed by atoms with Crippen LogP contribution in [-0.2, 0) is 0 Å². The molecule has 1 aromatic heterocycles. The van der Waals surface area contributed by atoms with Crippen LogP contribution in [0, 0.1) is 0 Å². The van der Waals surface area contributed by atoms with Crippen molar-refractivity contribution in [2.24, 2.45) is 0 Å². The number of nitrogens with one attached hydrogen (secondary N) is 1. The molecule has 7 heteroatoms. The minimum atomic E-state index is -0.261. The highest BCUT2D eigenvalue weighted by molar-refractivity contribution is 6.31. The molecule has 1 aliphatic rings. The van der Waals surface area contributed by atoms with Crippen LogP contribution in [0.25, 0.3) is 10.9 Å². The number of piperazine rings is 1. The zero-order valence-corrected chi connectivity index (χ0v) is 17.9. The Labute approximate surface area is 181 Å². The molecule has 0 bridgehead atoms.